The topological polar surface area (TPSA) is 63.4 Å². The Morgan fingerprint density at radius 3 is 2.50 bits per heavy atom. The van der Waals surface area contributed by atoms with Gasteiger partial charge in [0.1, 0.15) is 11.6 Å². The van der Waals surface area contributed by atoms with Crippen molar-refractivity contribution in [2.45, 2.75) is 6.04 Å². The van der Waals surface area contributed by atoms with Crippen LogP contribution in [0, 0.1) is 0 Å². The zero-order valence-electron chi connectivity index (χ0n) is 12.0. The lowest BCUT2D eigenvalue weighted by Crippen LogP contribution is -2.29. The van der Waals surface area contributed by atoms with Gasteiger partial charge in [-0.15, -0.1) is 0 Å². The van der Waals surface area contributed by atoms with Crippen LogP contribution in [0.3, 0.4) is 0 Å². The van der Waals surface area contributed by atoms with Gasteiger partial charge in [-0.1, -0.05) is 24.3 Å². The van der Waals surface area contributed by atoms with E-state index in [1.54, 1.807) is 7.11 Å². The second-order valence-corrected chi connectivity index (χ2v) is 4.69. The summed E-state index contributed by atoms with van der Waals surface area (Å²) in [7, 11) is 5.57. The first-order chi connectivity index (χ1) is 9.67. The molecular formula is C15H20N4O. The highest BCUT2D eigenvalue weighted by atomic mass is 16.5. The fraction of sp³-hybridized carbons (Fsp3) is 0.267. The maximum Gasteiger partial charge on any atom is 0.127 e. The summed E-state index contributed by atoms with van der Waals surface area (Å²) in [5.41, 5.74) is 4.80. The Morgan fingerprint density at radius 1 is 1.20 bits per heavy atom. The third-order valence-corrected chi connectivity index (χ3v) is 3.18. The minimum atomic E-state index is -0.158. The van der Waals surface area contributed by atoms with Crippen LogP contribution in [0.25, 0.3) is 0 Å². The summed E-state index contributed by atoms with van der Waals surface area (Å²) < 4.78 is 5.39. The Kier molecular flexibility index (Phi) is 4.55. The summed E-state index contributed by atoms with van der Waals surface area (Å²) in [6.07, 6.45) is 1.83. The molecule has 1 aromatic heterocycles. The number of benzene rings is 1. The molecule has 1 unspecified atom stereocenters. The number of hydrogen-bond donors (Lipinski definition) is 2. The van der Waals surface area contributed by atoms with Crippen molar-refractivity contribution >= 4 is 5.82 Å². The predicted molar refractivity (Wildman–Crippen MR) is 80.7 cm³/mol. The van der Waals surface area contributed by atoms with Gasteiger partial charge in [-0.05, 0) is 17.7 Å². The molecule has 1 aromatic carbocycles. The van der Waals surface area contributed by atoms with Crippen molar-refractivity contribution in [3.05, 3.63) is 53.7 Å². The zero-order chi connectivity index (χ0) is 14.5. The van der Waals surface area contributed by atoms with Gasteiger partial charge in [-0.3, -0.25) is 5.84 Å². The van der Waals surface area contributed by atoms with E-state index in [1.807, 2.05) is 61.6 Å². The summed E-state index contributed by atoms with van der Waals surface area (Å²) >= 11 is 0. The highest BCUT2D eigenvalue weighted by Gasteiger charge is 2.17. The molecule has 0 fully saturated rings. The summed E-state index contributed by atoms with van der Waals surface area (Å²) in [5, 5.41) is 0. The molecule has 0 aliphatic heterocycles. The van der Waals surface area contributed by atoms with Crippen LogP contribution in [0.15, 0.2) is 42.6 Å². The molecule has 5 heteroatoms. The summed E-state index contributed by atoms with van der Waals surface area (Å²) in [6, 6.07) is 11.6. The van der Waals surface area contributed by atoms with Gasteiger partial charge in [0.15, 0.2) is 0 Å². The van der Waals surface area contributed by atoms with Gasteiger partial charge < -0.3 is 9.64 Å². The highest BCUT2D eigenvalue weighted by molar-refractivity contribution is 5.43. The van der Waals surface area contributed by atoms with E-state index in [-0.39, 0.29) is 6.04 Å². The number of nitrogens with two attached hydrogens (primary N) is 1. The van der Waals surface area contributed by atoms with Crippen LogP contribution >= 0.6 is 0 Å². The van der Waals surface area contributed by atoms with Crippen LogP contribution in [-0.2, 0) is 0 Å². The van der Waals surface area contributed by atoms with E-state index in [0.717, 1.165) is 22.7 Å². The van der Waals surface area contributed by atoms with E-state index in [2.05, 4.69) is 10.4 Å². The Hall–Kier alpha value is -2.11. The summed E-state index contributed by atoms with van der Waals surface area (Å²) in [4.78, 5) is 6.37. The minimum absolute atomic E-state index is 0.158. The maximum atomic E-state index is 5.71. The molecule has 0 aliphatic carbocycles. The molecule has 1 atom stereocenters. The van der Waals surface area contributed by atoms with E-state index >= 15 is 0 Å². The highest BCUT2D eigenvalue weighted by Crippen LogP contribution is 2.29. The van der Waals surface area contributed by atoms with Gasteiger partial charge in [0.25, 0.3) is 0 Å². The smallest absolute Gasteiger partial charge is 0.127 e. The number of para-hydroxylation sites is 1. The van der Waals surface area contributed by atoms with E-state index in [0.29, 0.717) is 0 Å². The van der Waals surface area contributed by atoms with Gasteiger partial charge in [-0.25, -0.2) is 10.4 Å². The number of rotatable bonds is 5. The van der Waals surface area contributed by atoms with Gasteiger partial charge in [0.2, 0.25) is 0 Å². The second kappa shape index (κ2) is 6.36. The largest absolute Gasteiger partial charge is 0.496 e. The van der Waals surface area contributed by atoms with E-state index in [4.69, 9.17) is 10.6 Å². The molecule has 0 saturated carbocycles. The molecule has 3 N–H and O–H groups in total. The molecule has 0 bridgehead atoms. The lowest BCUT2D eigenvalue weighted by Gasteiger charge is -2.20. The Balaban J connectivity index is 2.36. The van der Waals surface area contributed by atoms with Crippen molar-refractivity contribution in [2.75, 3.05) is 26.1 Å². The first-order valence-corrected chi connectivity index (χ1v) is 6.39. The molecular weight excluding hydrogens is 252 g/mol. The van der Waals surface area contributed by atoms with Crippen LogP contribution in [0.4, 0.5) is 5.82 Å². The van der Waals surface area contributed by atoms with Crippen LogP contribution in [0.1, 0.15) is 17.2 Å². The monoisotopic (exact) mass is 272 g/mol. The third kappa shape index (κ3) is 2.89. The van der Waals surface area contributed by atoms with Crippen LogP contribution < -0.4 is 20.9 Å². The van der Waals surface area contributed by atoms with Crippen LogP contribution in [-0.4, -0.2) is 26.2 Å². The van der Waals surface area contributed by atoms with Crippen molar-refractivity contribution in [3.63, 3.8) is 0 Å². The van der Waals surface area contributed by atoms with Crippen molar-refractivity contribution < 1.29 is 4.74 Å². The molecule has 0 radical (unpaired) electrons. The predicted octanol–water partition coefficient (Wildman–Crippen LogP) is 1.71. The van der Waals surface area contributed by atoms with Crippen molar-refractivity contribution in [1.82, 2.24) is 10.4 Å². The van der Waals surface area contributed by atoms with Crippen LogP contribution in [0.2, 0.25) is 0 Å². The normalized spacial score (nSPS) is 12.0. The standard InChI is InChI=1S/C15H20N4O/c1-19(2)14-9-8-11(10-17-14)15(18-16)12-6-4-5-7-13(12)20-3/h4-10,15,18H,16H2,1-3H3. The number of methoxy groups -OCH3 is 1. The van der Waals surface area contributed by atoms with Crippen molar-refractivity contribution in [1.29, 1.82) is 0 Å². The fourth-order valence-electron chi connectivity index (χ4n) is 2.10. The number of nitrogens with one attached hydrogen (secondary N) is 1. The number of ether oxygens (including phenoxy) is 1. The number of hydrogen-bond acceptors (Lipinski definition) is 5. The first-order valence-electron chi connectivity index (χ1n) is 6.39. The molecule has 1 heterocycles. The van der Waals surface area contributed by atoms with Gasteiger partial charge in [0, 0.05) is 25.9 Å². The third-order valence-electron chi connectivity index (χ3n) is 3.18. The van der Waals surface area contributed by atoms with Crippen LogP contribution in [0.5, 0.6) is 5.75 Å². The number of pyridine rings is 1. The molecule has 106 valence electrons. The lowest BCUT2D eigenvalue weighted by molar-refractivity contribution is 0.404. The molecule has 2 aromatic rings. The Bertz CT molecular complexity index is 554. The first kappa shape index (κ1) is 14.3. The van der Waals surface area contributed by atoms with Crippen molar-refractivity contribution in [3.8, 4) is 5.75 Å². The van der Waals surface area contributed by atoms with Gasteiger partial charge in [-0.2, -0.15) is 0 Å². The fourth-order valence-corrected chi connectivity index (χ4v) is 2.10. The molecule has 20 heavy (non-hydrogen) atoms. The van der Waals surface area contributed by atoms with Gasteiger partial charge >= 0.3 is 0 Å². The average Bonchev–Trinajstić information content (AvgIpc) is 2.49. The Labute approximate surface area is 119 Å². The number of nitrogens with zero attached hydrogens (tertiary/aromatic N) is 2. The molecule has 0 amide bonds. The average molecular weight is 272 g/mol. The zero-order valence-corrected chi connectivity index (χ0v) is 12.0. The van der Waals surface area contributed by atoms with E-state index < -0.39 is 0 Å². The SMILES string of the molecule is COc1ccccc1C(NN)c1ccc(N(C)C)nc1. The number of anilines is 1. The minimum Gasteiger partial charge on any atom is -0.496 e. The quantitative estimate of drug-likeness (QED) is 0.641. The second-order valence-electron chi connectivity index (χ2n) is 4.69. The number of hydrazine groups is 1. The van der Waals surface area contributed by atoms with Crippen molar-refractivity contribution in [2.24, 2.45) is 5.84 Å². The molecule has 0 aliphatic rings. The lowest BCUT2D eigenvalue weighted by atomic mass is 10.00. The van der Waals surface area contributed by atoms with E-state index in [1.165, 1.54) is 0 Å². The molecule has 5 nitrogen and oxygen atoms in total. The van der Waals surface area contributed by atoms with Gasteiger partial charge in [0.05, 0.1) is 13.2 Å². The summed E-state index contributed by atoms with van der Waals surface area (Å²) in [5.74, 6) is 7.42. The maximum absolute atomic E-state index is 5.71. The molecule has 2 rings (SSSR count). The Morgan fingerprint density at radius 2 is 1.95 bits per heavy atom. The van der Waals surface area contributed by atoms with E-state index in [9.17, 15) is 0 Å². The molecule has 0 spiro atoms. The summed E-state index contributed by atoms with van der Waals surface area (Å²) in [6.45, 7) is 0. The molecule has 0 saturated heterocycles. The number of aromatic nitrogens is 1.